The molecule has 150 valence electrons. The summed E-state index contributed by atoms with van der Waals surface area (Å²) >= 11 is 1.36. The lowest BCUT2D eigenvalue weighted by atomic mass is 10.0. The molecule has 2 heterocycles. The van der Waals surface area contributed by atoms with Crippen LogP contribution in [0, 0.1) is 0 Å². The highest BCUT2D eigenvalue weighted by Crippen LogP contribution is 2.27. The van der Waals surface area contributed by atoms with Gasteiger partial charge in [-0.1, -0.05) is 18.2 Å². The summed E-state index contributed by atoms with van der Waals surface area (Å²) in [7, 11) is 1.66. The first kappa shape index (κ1) is 20.4. The van der Waals surface area contributed by atoms with Crippen LogP contribution in [-0.4, -0.2) is 49.5 Å². The molecule has 2 aromatic rings. The number of hydrogen-bond donors (Lipinski definition) is 2. The minimum Gasteiger partial charge on any atom is -0.497 e. The number of methoxy groups -OCH3 is 1. The van der Waals surface area contributed by atoms with Gasteiger partial charge < -0.3 is 15.4 Å². The number of benzene rings is 1. The highest BCUT2D eigenvalue weighted by atomic mass is 32.1. The first-order chi connectivity index (χ1) is 13.6. The van der Waals surface area contributed by atoms with Crippen molar-refractivity contribution in [1.82, 2.24) is 15.5 Å². The third-order valence-electron chi connectivity index (χ3n) is 5.02. The van der Waals surface area contributed by atoms with E-state index in [0.29, 0.717) is 11.4 Å². The van der Waals surface area contributed by atoms with Crippen LogP contribution in [0.2, 0.25) is 0 Å². The summed E-state index contributed by atoms with van der Waals surface area (Å²) in [5.41, 5.74) is 1.12. The molecule has 1 aliphatic rings. The fourth-order valence-electron chi connectivity index (χ4n) is 3.45. The normalized spacial score (nSPS) is 16.4. The van der Waals surface area contributed by atoms with Crippen LogP contribution in [0.3, 0.4) is 0 Å². The van der Waals surface area contributed by atoms with Gasteiger partial charge in [0.15, 0.2) is 0 Å². The Morgan fingerprint density at radius 1 is 1.21 bits per heavy atom. The highest BCUT2D eigenvalue weighted by Gasteiger charge is 2.25. The molecule has 1 saturated heterocycles. The van der Waals surface area contributed by atoms with Crippen molar-refractivity contribution in [2.24, 2.45) is 0 Å². The van der Waals surface area contributed by atoms with Crippen molar-refractivity contribution in [2.45, 2.75) is 31.8 Å². The van der Waals surface area contributed by atoms with Crippen molar-refractivity contribution in [1.29, 1.82) is 0 Å². The van der Waals surface area contributed by atoms with Gasteiger partial charge >= 0.3 is 0 Å². The topological polar surface area (TPSA) is 70.7 Å². The van der Waals surface area contributed by atoms with Gasteiger partial charge in [0.05, 0.1) is 18.0 Å². The van der Waals surface area contributed by atoms with E-state index >= 15 is 0 Å². The Labute approximate surface area is 169 Å². The van der Waals surface area contributed by atoms with E-state index in [-0.39, 0.29) is 17.9 Å². The van der Waals surface area contributed by atoms with E-state index < -0.39 is 6.04 Å². The molecule has 0 spiro atoms. The number of nitrogens with one attached hydrogen (secondary N) is 2. The van der Waals surface area contributed by atoms with E-state index in [1.54, 1.807) is 20.1 Å². The molecule has 1 aromatic heterocycles. The lowest BCUT2D eigenvalue weighted by Gasteiger charge is -2.29. The third-order valence-corrected chi connectivity index (χ3v) is 5.88. The molecule has 2 atom stereocenters. The van der Waals surface area contributed by atoms with Gasteiger partial charge in [0, 0.05) is 6.54 Å². The number of rotatable bonds is 8. The molecule has 6 nitrogen and oxygen atoms in total. The van der Waals surface area contributed by atoms with Crippen LogP contribution in [0.15, 0.2) is 41.8 Å². The van der Waals surface area contributed by atoms with Gasteiger partial charge in [-0.2, -0.15) is 0 Å². The second-order valence-corrected chi connectivity index (χ2v) is 7.90. The first-order valence-corrected chi connectivity index (χ1v) is 10.5. The molecule has 7 heteroatoms. The maximum absolute atomic E-state index is 12.6. The predicted octanol–water partition coefficient (Wildman–Crippen LogP) is 2.83. The van der Waals surface area contributed by atoms with Crippen LogP contribution < -0.4 is 15.4 Å². The zero-order valence-corrected chi connectivity index (χ0v) is 17.1. The molecule has 3 rings (SSSR count). The van der Waals surface area contributed by atoms with E-state index in [9.17, 15) is 9.59 Å². The number of amides is 2. The lowest BCUT2D eigenvalue weighted by molar-refractivity contribution is -0.122. The van der Waals surface area contributed by atoms with Crippen molar-refractivity contribution in [2.75, 3.05) is 26.7 Å². The van der Waals surface area contributed by atoms with Gasteiger partial charge in [0.2, 0.25) is 5.91 Å². The molecule has 2 amide bonds. The van der Waals surface area contributed by atoms with E-state index in [1.165, 1.54) is 24.2 Å². The molecule has 0 saturated carbocycles. The molecule has 1 aromatic carbocycles. The number of nitrogens with zero attached hydrogens (tertiary/aromatic N) is 1. The largest absolute Gasteiger partial charge is 0.497 e. The summed E-state index contributed by atoms with van der Waals surface area (Å²) in [6.45, 7) is 4.23. The van der Waals surface area contributed by atoms with Crippen LogP contribution in [0.25, 0.3) is 0 Å². The van der Waals surface area contributed by atoms with Crippen molar-refractivity contribution in [3.05, 3.63) is 52.2 Å². The molecule has 0 bridgehead atoms. The van der Waals surface area contributed by atoms with E-state index in [0.717, 1.165) is 24.4 Å². The SMILES string of the molecule is COc1cccc(C(CNC(=O)C(C)NC(=O)c2cccs2)N2CCCC2)c1. The van der Waals surface area contributed by atoms with Crippen molar-refractivity contribution in [3.8, 4) is 5.75 Å². The van der Waals surface area contributed by atoms with Crippen LogP contribution >= 0.6 is 11.3 Å². The summed E-state index contributed by atoms with van der Waals surface area (Å²) in [6, 6.07) is 11.0. The number of carbonyl (C=O) groups is 2. The Morgan fingerprint density at radius 3 is 2.68 bits per heavy atom. The summed E-state index contributed by atoms with van der Waals surface area (Å²) in [4.78, 5) is 27.7. The summed E-state index contributed by atoms with van der Waals surface area (Å²) in [5.74, 6) is 0.406. The Balaban J connectivity index is 1.62. The van der Waals surface area contributed by atoms with Gasteiger partial charge in [-0.25, -0.2) is 0 Å². The summed E-state index contributed by atoms with van der Waals surface area (Å²) < 4.78 is 5.36. The molecular weight excluding hydrogens is 374 g/mol. The standard InChI is InChI=1S/C21H27N3O3S/c1-15(23-21(26)19-9-6-12-28-19)20(25)22-14-18(24-10-3-4-11-24)16-7-5-8-17(13-16)27-2/h5-9,12-13,15,18H,3-4,10-11,14H2,1-2H3,(H,22,25)(H,23,26). The molecule has 2 N–H and O–H groups in total. The molecule has 28 heavy (non-hydrogen) atoms. The monoisotopic (exact) mass is 401 g/mol. The van der Waals surface area contributed by atoms with E-state index in [2.05, 4.69) is 21.6 Å². The molecular formula is C21H27N3O3S. The smallest absolute Gasteiger partial charge is 0.261 e. The van der Waals surface area contributed by atoms with Crippen LogP contribution in [0.1, 0.15) is 41.0 Å². The predicted molar refractivity (Wildman–Crippen MR) is 111 cm³/mol. The average molecular weight is 402 g/mol. The fourth-order valence-corrected chi connectivity index (χ4v) is 4.08. The Bertz CT molecular complexity index is 788. The number of carbonyl (C=O) groups excluding carboxylic acids is 2. The maximum atomic E-state index is 12.6. The molecule has 0 aliphatic carbocycles. The molecule has 0 radical (unpaired) electrons. The number of likely N-dealkylation sites (tertiary alicyclic amines) is 1. The van der Waals surface area contributed by atoms with Gasteiger partial charge in [-0.15, -0.1) is 11.3 Å². The number of thiophene rings is 1. The Morgan fingerprint density at radius 2 is 2.00 bits per heavy atom. The number of hydrogen-bond acceptors (Lipinski definition) is 5. The quantitative estimate of drug-likeness (QED) is 0.714. The van der Waals surface area contributed by atoms with Crippen LogP contribution in [0.4, 0.5) is 0 Å². The molecule has 2 unspecified atom stereocenters. The van der Waals surface area contributed by atoms with Gasteiger partial charge in [0.25, 0.3) is 5.91 Å². The van der Waals surface area contributed by atoms with Crippen LogP contribution in [0.5, 0.6) is 5.75 Å². The van der Waals surface area contributed by atoms with E-state index in [4.69, 9.17) is 4.74 Å². The van der Waals surface area contributed by atoms with Gasteiger partial charge in [-0.3, -0.25) is 14.5 Å². The van der Waals surface area contributed by atoms with Crippen molar-refractivity contribution >= 4 is 23.2 Å². The average Bonchev–Trinajstić information content (AvgIpc) is 3.42. The summed E-state index contributed by atoms with van der Waals surface area (Å²) in [6.07, 6.45) is 2.34. The second kappa shape index (κ2) is 9.71. The lowest BCUT2D eigenvalue weighted by Crippen LogP contribution is -2.47. The van der Waals surface area contributed by atoms with E-state index in [1.807, 2.05) is 29.6 Å². The van der Waals surface area contributed by atoms with Gasteiger partial charge in [-0.05, 0) is 62.0 Å². The minimum absolute atomic E-state index is 0.0850. The van der Waals surface area contributed by atoms with Crippen molar-refractivity contribution < 1.29 is 14.3 Å². The zero-order valence-electron chi connectivity index (χ0n) is 16.3. The summed E-state index contributed by atoms with van der Waals surface area (Å²) in [5, 5.41) is 7.61. The van der Waals surface area contributed by atoms with Crippen LogP contribution in [-0.2, 0) is 4.79 Å². The molecule has 1 fully saturated rings. The van der Waals surface area contributed by atoms with Gasteiger partial charge in [0.1, 0.15) is 11.8 Å². The second-order valence-electron chi connectivity index (χ2n) is 6.95. The fraction of sp³-hybridized carbons (Fsp3) is 0.429. The number of ether oxygens (including phenoxy) is 1. The highest BCUT2D eigenvalue weighted by molar-refractivity contribution is 7.12. The zero-order chi connectivity index (χ0) is 19.9. The Kier molecular flexibility index (Phi) is 7.06. The third kappa shape index (κ3) is 5.11. The van der Waals surface area contributed by atoms with Crippen molar-refractivity contribution in [3.63, 3.8) is 0 Å². The Hall–Kier alpha value is -2.38. The minimum atomic E-state index is -0.598. The maximum Gasteiger partial charge on any atom is 0.261 e. The molecule has 1 aliphatic heterocycles. The first-order valence-electron chi connectivity index (χ1n) is 9.58.